The van der Waals surface area contributed by atoms with Crippen LogP contribution in [0.2, 0.25) is 5.02 Å². The molecule has 0 atom stereocenters. The van der Waals surface area contributed by atoms with Crippen LogP contribution in [0.4, 0.5) is 0 Å². The third kappa shape index (κ3) is 2.90. The Morgan fingerprint density at radius 1 is 1.12 bits per heavy atom. The largest absolute Gasteiger partial charge is 0.440 e. The molecule has 0 aromatic heterocycles. The number of hydrogen-bond donors (Lipinski definition) is 0. The van der Waals surface area contributed by atoms with Crippen molar-refractivity contribution in [3.63, 3.8) is 0 Å². The highest BCUT2D eigenvalue weighted by Crippen LogP contribution is 2.25. The molecule has 0 saturated carbocycles. The summed E-state index contributed by atoms with van der Waals surface area (Å²) in [4.78, 5) is 38.4. The van der Waals surface area contributed by atoms with Crippen molar-refractivity contribution in [3.8, 4) is 0 Å². The van der Waals surface area contributed by atoms with E-state index >= 15 is 0 Å². The maximum Gasteiger partial charge on any atom is 0.341 e. The van der Waals surface area contributed by atoms with E-state index in [1.807, 2.05) is 6.26 Å². The number of halogens is 1. The Kier molecular flexibility index (Phi) is 4.59. The third-order valence-corrected chi connectivity index (χ3v) is 4.65. The lowest BCUT2D eigenvalue weighted by atomic mass is 10.1. The zero-order valence-corrected chi connectivity index (χ0v) is 14.2. The fourth-order valence-corrected chi connectivity index (χ4v) is 2.98. The van der Waals surface area contributed by atoms with Crippen molar-refractivity contribution in [2.24, 2.45) is 0 Å². The van der Waals surface area contributed by atoms with Gasteiger partial charge in [0.2, 0.25) is 0 Å². The second-order valence-corrected chi connectivity index (χ2v) is 6.28. The van der Waals surface area contributed by atoms with Gasteiger partial charge in [-0.05, 0) is 36.6 Å². The second-order valence-electron chi connectivity index (χ2n) is 4.99. The summed E-state index contributed by atoms with van der Waals surface area (Å²) in [5.41, 5.74) is 0.807. The summed E-state index contributed by atoms with van der Waals surface area (Å²) >= 11 is 7.48. The Morgan fingerprint density at radius 3 is 2.33 bits per heavy atom. The van der Waals surface area contributed by atoms with Crippen LogP contribution >= 0.6 is 23.4 Å². The topological polar surface area (TPSA) is 63.7 Å². The van der Waals surface area contributed by atoms with E-state index in [0.717, 1.165) is 9.80 Å². The normalized spacial score (nSPS) is 13.2. The molecule has 1 aliphatic heterocycles. The number of benzene rings is 2. The van der Waals surface area contributed by atoms with Gasteiger partial charge in [-0.1, -0.05) is 23.7 Å². The Labute approximate surface area is 147 Å². The van der Waals surface area contributed by atoms with Gasteiger partial charge in [-0.15, -0.1) is 11.8 Å². The highest BCUT2D eigenvalue weighted by molar-refractivity contribution is 7.98. The molecule has 5 nitrogen and oxygen atoms in total. The molecule has 0 fully saturated rings. The Hall–Kier alpha value is -2.31. The van der Waals surface area contributed by atoms with Gasteiger partial charge in [0.1, 0.15) is 0 Å². The molecule has 1 heterocycles. The molecule has 0 saturated heterocycles. The van der Waals surface area contributed by atoms with E-state index in [9.17, 15) is 14.4 Å². The van der Waals surface area contributed by atoms with Crippen LogP contribution in [-0.2, 0) is 4.74 Å². The van der Waals surface area contributed by atoms with Crippen LogP contribution in [0.25, 0.3) is 0 Å². The monoisotopic (exact) mass is 361 g/mol. The van der Waals surface area contributed by atoms with Gasteiger partial charge in [0.15, 0.2) is 6.73 Å². The van der Waals surface area contributed by atoms with Crippen LogP contribution in [-0.4, -0.2) is 35.7 Å². The molecule has 1 aliphatic rings. The molecule has 0 radical (unpaired) electrons. The second kappa shape index (κ2) is 6.67. The zero-order chi connectivity index (χ0) is 17.3. The molecule has 24 heavy (non-hydrogen) atoms. The zero-order valence-electron chi connectivity index (χ0n) is 12.6. The van der Waals surface area contributed by atoms with Gasteiger partial charge < -0.3 is 4.74 Å². The number of esters is 1. The predicted molar refractivity (Wildman–Crippen MR) is 90.5 cm³/mol. The Bertz CT molecular complexity index is 817. The molecular formula is C17H12ClNO4S. The first kappa shape index (κ1) is 16.5. The number of hydrogen-bond acceptors (Lipinski definition) is 5. The van der Waals surface area contributed by atoms with E-state index in [1.165, 1.54) is 11.8 Å². The van der Waals surface area contributed by atoms with Gasteiger partial charge in [-0.2, -0.15) is 0 Å². The summed E-state index contributed by atoms with van der Waals surface area (Å²) < 4.78 is 5.12. The van der Waals surface area contributed by atoms with Crippen molar-refractivity contribution >= 4 is 41.1 Å². The molecule has 3 rings (SSSR count). The van der Waals surface area contributed by atoms with Crippen LogP contribution in [0.5, 0.6) is 0 Å². The minimum absolute atomic E-state index is 0.195. The van der Waals surface area contributed by atoms with Crippen molar-refractivity contribution in [2.75, 3.05) is 13.0 Å². The average Bonchev–Trinajstić information content (AvgIpc) is 2.84. The number of ether oxygens (including phenoxy) is 1. The predicted octanol–water partition coefficient (Wildman–Crippen LogP) is 3.47. The number of nitrogens with zero attached hydrogens (tertiary/aromatic N) is 1. The van der Waals surface area contributed by atoms with Gasteiger partial charge >= 0.3 is 5.97 Å². The SMILES string of the molecule is CSc1ccc(Cl)c(C(=O)OCN2C(=O)c3ccccc3C2=O)c1. The van der Waals surface area contributed by atoms with Gasteiger partial charge in [0, 0.05) is 4.90 Å². The lowest BCUT2D eigenvalue weighted by Gasteiger charge is -2.14. The number of carbonyl (C=O) groups excluding carboxylic acids is 3. The molecule has 0 aliphatic carbocycles. The fraction of sp³-hybridized carbons (Fsp3) is 0.118. The van der Waals surface area contributed by atoms with E-state index < -0.39 is 24.5 Å². The van der Waals surface area contributed by atoms with E-state index in [1.54, 1.807) is 42.5 Å². The Balaban J connectivity index is 1.74. The quantitative estimate of drug-likeness (QED) is 0.474. The number of fused-ring (bicyclic) bond motifs is 1. The first-order valence-electron chi connectivity index (χ1n) is 6.99. The van der Waals surface area contributed by atoms with Crippen LogP contribution < -0.4 is 0 Å². The molecule has 0 bridgehead atoms. The third-order valence-electron chi connectivity index (χ3n) is 3.60. The maximum absolute atomic E-state index is 12.2. The summed E-state index contributed by atoms with van der Waals surface area (Å²) in [7, 11) is 0. The lowest BCUT2D eigenvalue weighted by molar-refractivity contribution is 0.0228. The minimum Gasteiger partial charge on any atom is -0.440 e. The molecule has 7 heteroatoms. The van der Waals surface area contributed by atoms with E-state index in [0.29, 0.717) is 11.1 Å². The first-order chi connectivity index (χ1) is 11.5. The molecular weight excluding hydrogens is 350 g/mol. The number of rotatable bonds is 4. The summed E-state index contributed by atoms with van der Waals surface area (Å²) in [6.07, 6.45) is 1.87. The molecule has 122 valence electrons. The van der Waals surface area contributed by atoms with Gasteiger partial charge in [0.25, 0.3) is 11.8 Å². The minimum atomic E-state index is -0.688. The maximum atomic E-state index is 12.2. The van der Waals surface area contributed by atoms with Gasteiger partial charge in [-0.3, -0.25) is 9.59 Å². The summed E-state index contributed by atoms with van der Waals surface area (Å²) in [5, 5.41) is 0.250. The summed E-state index contributed by atoms with van der Waals surface area (Å²) in [6, 6.07) is 11.5. The smallest absolute Gasteiger partial charge is 0.341 e. The van der Waals surface area contributed by atoms with Crippen LogP contribution in [0.15, 0.2) is 47.4 Å². The highest BCUT2D eigenvalue weighted by Gasteiger charge is 2.35. The van der Waals surface area contributed by atoms with E-state index in [4.69, 9.17) is 16.3 Å². The van der Waals surface area contributed by atoms with Crippen LogP contribution in [0.3, 0.4) is 0 Å². The number of carbonyl (C=O) groups is 3. The molecule has 2 amide bonds. The molecule has 0 unspecified atom stereocenters. The summed E-state index contributed by atoms with van der Waals surface area (Å²) in [6.45, 7) is -0.453. The molecule has 2 aromatic carbocycles. The number of thioether (sulfide) groups is 1. The van der Waals surface area contributed by atoms with Crippen molar-refractivity contribution in [2.45, 2.75) is 4.90 Å². The lowest BCUT2D eigenvalue weighted by Crippen LogP contribution is -2.33. The van der Waals surface area contributed by atoms with Crippen LogP contribution in [0, 0.1) is 0 Å². The molecule has 2 aromatic rings. The number of amides is 2. The Morgan fingerprint density at radius 2 is 1.75 bits per heavy atom. The first-order valence-corrected chi connectivity index (χ1v) is 8.59. The van der Waals surface area contributed by atoms with Gasteiger partial charge in [-0.25, -0.2) is 9.69 Å². The fourth-order valence-electron chi connectivity index (χ4n) is 2.35. The van der Waals surface area contributed by atoms with Crippen molar-refractivity contribution < 1.29 is 19.1 Å². The standard InChI is InChI=1S/C17H12ClNO4S/c1-24-10-6-7-14(18)13(8-10)17(22)23-9-19-15(20)11-4-2-3-5-12(11)16(19)21/h2-8H,9H2,1H3. The number of imide groups is 1. The molecule has 0 spiro atoms. The van der Waals surface area contributed by atoms with Gasteiger partial charge in [0.05, 0.1) is 21.7 Å². The van der Waals surface area contributed by atoms with Crippen molar-refractivity contribution in [1.29, 1.82) is 0 Å². The van der Waals surface area contributed by atoms with E-state index in [2.05, 4.69) is 0 Å². The van der Waals surface area contributed by atoms with Crippen molar-refractivity contribution in [3.05, 3.63) is 64.2 Å². The van der Waals surface area contributed by atoms with E-state index in [-0.39, 0.29) is 10.6 Å². The molecule has 0 N–H and O–H groups in total. The van der Waals surface area contributed by atoms with Crippen LogP contribution in [0.1, 0.15) is 31.1 Å². The average molecular weight is 362 g/mol. The highest BCUT2D eigenvalue weighted by atomic mass is 35.5. The van der Waals surface area contributed by atoms with Crippen molar-refractivity contribution in [1.82, 2.24) is 4.90 Å². The summed E-state index contributed by atoms with van der Waals surface area (Å²) in [5.74, 6) is -1.65.